The summed E-state index contributed by atoms with van der Waals surface area (Å²) in [7, 11) is 0. The zero-order chi connectivity index (χ0) is 11.8. The maximum atomic E-state index is 11.5. The first-order valence-electron chi connectivity index (χ1n) is 5.09. The topological polar surface area (TPSA) is 75.9 Å². The summed E-state index contributed by atoms with van der Waals surface area (Å²) in [6.07, 6.45) is 8.28. The Morgan fingerprint density at radius 2 is 2.18 bits per heavy atom. The van der Waals surface area contributed by atoms with Crippen LogP contribution in [0.2, 0.25) is 0 Å². The molecule has 0 aliphatic carbocycles. The van der Waals surface area contributed by atoms with E-state index in [-0.39, 0.29) is 5.56 Å². The van der Waals surface area contributed by atoms with Crippen LogP contribution in [-0.4, -0.2) is 24.6 Å². The van der Waals surface area contributed by atoms with E-state index < -0.39 is 0 Å². The van der Waals surface area contributed by atoms with E-state index in [1.54, 1.807) is 42.4 Å². The Hall–Kier alpha value is -2.50. The molecule has 0 unspecified atom stereocenters. The normalized spacial score (nSPS) is 10.9. The Bertz CT molecular complexity index is 743. The number of hydrogen-bond acceptors (Lipinski definition) is 4. The molecule has 3 rings (SSSR count). The quantitative estimate of drug-likeness (QED) is 0.666. The molecule has 84 valence electrons. The first-order chi connectivity index (χ1) is 8.25. The van der Waals surface area contributed by atoms with E-state index in [1.807, 2.05) is 0 Å². The average Bonchev–Trinajstić information content (AvgIpc) is 2.76. The molecule has 6 heteroatoms. The van der Waals surface area contributed by atoms with Crippen LogP contribution in [0.5, 0.6) is 0 Å². The second-order valence-corrected chi connectivity index (χ2v) is 3.71. The second-order valence-electron chi connectivity index (χ2n) is 3.71. The van der Waals surface area contributed by atoms with Gasteiger partial charge in [0.1, 0.15) is 5.82 Å². The highest BCUT2D eigenvalue weighted by Gasteiger charge is 2.08. The predicted octanol–water partition coefficient (Wildman–Crippen LogP) is 0.788. The van der Waals surface area contributed by atoms with Crippen molar-refractivity contribution in [1.29, 1.82) is 0 Å². The van der Waals surface area contributed by atoms with Crippen LogP contribution in [0.4, 0.5) is 0 Å². The van der Waals surface area contributed by atoms with Crippen molar-refractivity contribution in [2.24, 2.45) is 0 Å². The highest BCUT2D eigenvalue weighted by Crippen LogP contribution is 2.18. The van der Waals surface area contributed by atoms with Gasteiger partial charge in [-0.25, -0.2) is 9.50 Å². The molecule has 0 spiro atoms. The Morgan fingerprint density at radius 1 is 1.29 bits per heavy atom. The van der Waals surface area contributed by atoms with Gasteiger partial charge in [-0.15, -0.1) is 0 Å². The Morgan fingerprint density at radius 3 is 3.00 bits per heavy atom. The van der Waals surface area contributed by atoms with Gasteiger partial charge in [0.15, 0.2) is 0 Å². The van der Waals surface area contributed by atoms with Gasteiger partial charge in [-0.3, -0.25) is 9.78 Å². The summed E-state index contributed by atoms with van der Waals surface area (Å²) in [5.41, 5.74) is 2.01. The van der Waals surface area contributed by atoms with Crippen LogP contribution in [0.25, 0.3) is 16.9 Å². The molecule has 0 saturated carbocycles. The van der Waals surface area contributed by atoms with Crippen molar-refractivity contribution < 1.29 is 0 Å². The molecule has 6 nitrogen and oxygen atoms in total. The summed E-state index contributed by atoms with van der Waals surface area (Å²) in [4.78, 5) is 22.5. The van der Waals surface area contributed by atoms with Gasteiger partial charge in [-0.1, -0.05) is 0 Å². The number of H-pyrrole nitrogens is 1. The van der Waals surface area contributed by atoms with Crippen LogP contribution in [0.15, 0.2) is 35.8 Å². The van der Waals surface area contributed by atoms with Crippen LogP contribution in [0.3, 0.4) is 0 Å². The molecule has 3 aromatic rings. The molecule has 0 aliphatic heterocycles. The number of hydrogen-bond donors (Lipinski definition) is 1. The highest BCUT2D eigenvalue weighted by atomic mass is 16.1. The van der Waals surface area contributed by atoms with Crippen molar-refractivity contribution in [2.75, 3.05) is 0 Å². The lowest BCUT2D eigenvalue weighted by Crippen LogP contribution is -2.11. The lowest BCUT2D eigenvalue weighted by Gasteiger charge is -1.98. The van der Waals surface area contributed by atoms with E-state index in [9.17, 15) is 4.79 Å². The molecular formula is C11H9N5O. The highest BCUT2D eigenvalue weighted by molar-refractivity contribution is 5.74. The SMILES string of the molecule is Cc1cnc(-c2cnn3ccncc23)[nH]c1=O. The fourth-order valence-corrected chi connectivity index (χ4v) is 1.61. The molecule has 0 atom stereocenters. The molecular weight excluding hydrogens is 218 g/mol. The molecule has 0 bridgehead atoms. The smallest absolute Gasteiger partial charge is 0.254 e. The maximum absolute atomic E-state index is 11.5. The first kappa shape index (κ1) is 9.71. The summed E-state index contributed by atoms with van der Waals surface area (Å²) in [5, 5.41) is 4.16. The number of rotatable bonds is 1. The molecule has 1 N–H and O–H groups in total. The van der Waals surface area contributed by atoms with E-state index in [0.29, 0.717) is 11.4 Å². The Balaban J connectivity index is 2.27. The predicted molar refractivity (Wildman–Crippen MR) is 61.6 cm³/mol. The number of fused-ring (bicyclic) bond motifs is 1. The van der Waals surface area contributed by atoms with Gasteiger partial charge in [0.2, 0.25) is 0 Å². The Kier molecular flexibility index (Phi) is 2.01. The second kappa shape index (κ2) is 3.51. The lowest BCUT2D eigenvalue weighted by atomic mass is 10.2. The summed E-state index contributed by atoms with van der Waals surface area (Å²) in [6.45, 7) is 1.72. The number of aromatic nitrogens is 5. The number of nitrogens with one attached hydrogen (secondary N) is 1. The molecule has 3 heterocycles. The molecule has 0 fully saturated rings. The molecule has 0 saturated heterocycles. The van der Waals surface area contributed by atoms with Crippen molar-refractivity contribution in [3.63, 3.8) is 0 Å². The van der Waals surface area contributed by atoms with E-state index in [4.69, 9.17) is 0 Å². The number of aromatic amines is 1. The van der Waals surface area contributed by atoms with Crippen molar-refractivity contribution >= 4 is 5.52 Å². The number of aryl methyl sites for hydroxylation is 1. The summed E-state index contributed by atoms with van der Waals surface area (Å²) in [5.74, 6) is 0.503. The zero-order valence-corrected chi connectivity index (χ0v) is 9.08. The van der Waals surface area contributed by atoms with Gasteiger partial charge in [0.25, 0.3) is 5.56 Å². The molecule has 17 heavy (non-hydrogen) atoms. The maximum Gasteiger partial charge on any atom is 0.254 e. The van der Waals surface area contributed by atoms with Crippen LogP contribution < -0.4 is 5.56 Å². The van der Waals surface area contributed by atoms with Gasteiger partial charge in [0.05, 0.1) is 23.5 Å². The van der Waals surface area contributed by atoms with Crippen molar-refractivity contribution in [2.45, 2.75) is 6.92 Å². The molecule has 0 radical (unpaired) electrons. The van der Waals surface area contributed by atoms with Crippen LogP contribution >= 0.6 is 0 Å². The minimum Gasteiger partial charge on any atom is -0.306 e. The Labute approximate surface area is 96.0 Å². The monoisotopic (exact) mass is 227 g/mol. The standard InChI is InChI=1S/C11H9N5O/c1-7-4-13-10(15-11(7)17)8-5-14-16-3-2-12-6-9(8)16/h2-6H,1H3,(H,13,15,17). The third-order valence-corrected chi connectivity index (χ3v) is 2.56. The summed E-state index contributed by atoms with van der Waals surface area (Å²) in [6, 6.07) is 0. The van der Waals surface area contributed by atoms with E-state index in [0.717, 1.165) is 11.1 Å². The largest absolute Gasteiger partial charge is 0.306 e. The fourth-order valence-electron chi connectivity index (χ4n) is 1.61. The van der Waals surface area contributed by atoms with Crippen LogP contribution in [0.1, 0.15) is 5.56 Å². The molecule has 3 aromatic heterocycles. The zero-order valence-electron chi connectivity index (χ0n) is 9.08. The van der Waals surface area contributed by atoms with Gasteiger partial charge < -0.3 is 4.98 Å². The summed E-state index contributed by atoms with van der Waals surface area (Å²) >= 11 is 0. The summed E-state index contributed by atoms with van der Waals surface area (Å²) < 4.78 is 1.68. The van der Waals surface area contributed by atoms with Crippen LogP contribution in [0, 0.1) is 6.92 Å². The van der Waals surface area contributed by atoms with E-state index in [1.165, 1.54) is 0 Å². The molecule has 0 amide bonds. The minimum absolute atomic E-state index is 0.141. The minimum atomic E-state index is -0.141. The van der Waals surface area contributed by atoms with Gasteiger partial charge in [0, 0.05) is 24.2 Å². The van der Waals surface area contributed by atoms with Crippen molar-refractivity contribution in [1.82, 2.24) is 24.6 Å². The van der Waals surface area contributed by atoms with Crippen molar-refractivity contribution in [3.05, 3.63) is 46.9 Å². The van der Waals surface area contributed by atoms with Crippen LogP contribution in [-0.2, 0) is 0 Å². The van der Waals surface area contributed by atoms with E-state index in [2.05, 4.69) is 20.1 Å². The van der Waals surface area contributed by atoms with E-state index >= 15 is 0 Å². The van der Waals surface area contributed by atoms with Gasteiger partial charge in [-0.2, -0.15) is 5.10 Å². The first-order valence-corrected chi connectivity index (χ1v) is 5.09. The van der Waals surface area contributed by atoms with Gasteiger partial charge >= 0.3 is 0 Å². The van der Waals surface area contributed by atoms with Crippen molar-refractivity contribution in [3.8, 4) is 11.4 Å². The lowest BCUT2D eigenvalue weighted by molar-refractivity contribution is 0.946. The third kappa shape index (κ3) is 1.50. The third-order valence-electron chi connectivity index (χ3n) is 2.56. The fraction of sp³-hybridized carbons (Fsp3) is 0.0909. The number of nitrogens with zero attached hydrogens (tertiary/aromatic N) is 4. The molecule has 0 aliphatic rings. The average molecular weight is 227 g/mol. The van der Waals surface area contributed by atoms with Gasteiger partial charge in [-0.05, 0) is 6.92 Å². The molecule has 0 aromatic carbocycles.